The average Bonchev–Trinajstić information content (AvgIpc) is 3.45. The van der Waals surface area contributed by atoms with Crippen molar-refractivity contribution >= 4 is 46.9 Å². The predicted molar refractivity (Wildman–Crippen MR) is 134 cm³/mol. The molecule has 1 unspecified atom stereocenters. The van der Waals surface area contributed by atoms with E-state index in [-0.39, 0.29) is 30.4 Å². The van der Waals surface area contributed by atoms with Gasteiger partial charge in [-0.1, -0.05) is 23.7 Å². The second-order valence-corrected chi connectivity index (χ2v) is 10.4. The van der Waals surface area contributed by atoms with E-state index in [0.29, 0.717) is 43.2 Å². The second kappa shape index (κ2) is 11.3. The smallest absolute Gasteiger partial charge is 0.410 e. The number of halogens is 1. The van der Waals surface area contributed by atoms with Gasteiger partial charge in [-0.15, -0.1) is 11.3 Å². The first-order valence-electron chi connectivity index (χ1n) is 11.8. The Morgan fingerprint density at radius 3 is 2.64 bits per heavy atom. The van der Waals surface area contributed by atoms with Crippen molar-refractivity contribution in [3.8, 4) is 0 Å². The zero-order chi connectivity index (χ0) is 25.7. The summed E-state index contributed by atoms with van der Waals surface area (Å²) in [6, 6.07) is 6.67. The maximum atomic E-state index is 12.5. The number of imide groups is 1. The minimum Gasteiger partial charge on any atom is -0.445 e. The molecule has 2 aromatic rings. The second-order valence-electron chi connectivity index (χ2n) is 9.11. The van der Waals surface area contributed by atoms with Crippen molar-refractivity contribution in [3.63, 3.8) is 0 Å². The summed E-state index contributed by atoms with van der Waals surface area (Å²) in [6.45, 7) is 3.34. The minimum absolute atomic E-state index is 0.182. The number of likely N-dealkylation sites (tertiary alicyclic amines) is 1. The third kappa shape index (κ3) is 6.33. The summed E-state index contributed by atoms with van der Waals surface area (Å²) in [5.74, 6) is -0.448. The number of nitrogens with one attached hydrogen (secondary N) is 3. The quantitative estimate of drug-likeness (QED) is 0.352. The lowest BCUT2D eigenvalue weighted by molar-refractivity contribution is -0.123. The molecule has 0 aliphatic carbocycles. The van der Waals surface area contributed by atoms with E-state index in [1.165, 1.54) is 11.3 Å². The Morgan fingerprint density at radius 1 is 1.25 bits per heavy atom. The third-order valence-electron chi connectivity index (χ3n) is 6.39. The van der Waals surface area contributed by atoms with Gasteiger partial charge in [-0.25, -0.2) is 14.6 Å². The van der Waals surface area contributed by atoms with Crippen LogP contribution in [0.25, 0.3) is 0 Å². The van der Waals surface area contributed by atoms with Gasteiger partial charge in [0.15, 0.2) is 0 Å². The number of piperidine rings is 1. The first-order chi connectivity index (χ1) is 17.2. The Bertz CT molecular complexity index is 1130. The summed E-state index contributed by atoms with van der Waals surface area (Å²) in [5.41, 5.74) is 0.284. The van der Waals surface area contributed by atoms with E-state index < -0.39 is 11.6 Å². The molecule has 3 N–H and O–H groups in total. The minimum atomic E-state index is -0.952. The molecule has 36 heavy (non-hydrogen) atoms. The molecular weight excluding hydrogens is 506 g/mol. The van der Waals surface area contributed by atoms with Crippen LogP contribution in [0.1, 0.15) is 59.6 Å². The van der Waals surface area contributed by atoms with Crippen LogP contribution in [-0.2, 0) is 16.1 Å². The Morgan fingerprint density at radius 2 is 1.97 bits per heavy atom. The van der Waals surface area contributed by atoms with E-state index >= 15 is 0 Å². The number of hydrogen-bond acceptors (Lipinski definition) is 7. The first-order valence-corrected chi connectivity index (χ1v) is 13.0. The molecule has 3 heterocycles. The molecule has 1 aromatic carbocycles. The van der Waals surface area contributed by atoms with Crippen molar-refractivity contribution in [1.82, 2.24) is 25.8 Å². The average molecular weight is 534 g/mol. The zero-order valence-corrected chi connectivity index (χ0v) is 21.4. The van der Waals surface area contributed by atoms with Crippen LogP contribution in [0.4, 0.5) is 9.59 Å². The Kier molecular flexibility index (Phi) is 8.10. The number of carbonyl (C=O) groups excluding carboxylic acids is 4. The number of carbonyl (C=O) groups is 4. The first kappa shape index (κ1) is 25.9. The van der Waals surface area contributed by atoms with Crippen molar-refractivity contribution < 1.29 is 23.9 Å². The van der Waals surface area contributed by atoms with Crippen LogP contribution in [0.5, 0.6) is 0 Å². The molecule has 0 saturated carbocycles. The largest absolute Gasteiger partial charge is 0.445 e. The predicted octanol–water partition coefficient (Wildman–Crippen LogP) is 3.42. The van der Waals surface area contributed by atoms with Crippen LogP contribution in [0.3, 0.4) is 0 Å². The van der Waals surface area contributed by atoms with Crippen LogP contribution < -0.4 is 16.0 Å². The molecule has 1 atom stereocenters. The number of nitrogens with zero attached hydrogens (tertiary/aromatic N) is 2. The summed E-state index contributed by atoms with van der Waals surface area (Å²) in [7, 11) is 0. The monoisotopic (exact) mass is 533 g/mol. The van der Waals surface area contributed by atoms with E-state index in [9.17, 15) is 19.2 Å². The van der Waals surface area contributed by atoms with Gasteiger partial charge in [-0.3, -0.25) is 14.9 Å². The highest BCUT2D eigenvalue weighted by Crippen LogP contribution is 2.30. The number of amides is 5. The lowest BCUT2D eigenvalue weighted by Gasteiger charge is -2.30. The summed E-state index contributed by atoms with van der Waals surface area (Å²) in [5, 5.41) is 10.9. The number of ether oxygens (including phenoxy) is 1. The summed E-state index contributed by atoms with van der Waals surface area (Å²) < 4.78 is 5.42. The Labute approximate surface area is 217 Å². The lowest BCUT2D eigenvalue weighted by Crippen LogP contribution is -2.44. The summed E-state index contributed by atoms with van der Waals surface area (Å²) in [4.78, 5) is 54.3. The molecule has 2 saturated heterocycles. The maximum absolute atomic E-state index is 12.5. The van der Waals surface area contributed by atoms with E-state index in [1.807, 2.05) is 12.1 Å². The van der Waals surface area contributed by atoms with Crippen LogP contribution in [0.2, 0.25) is 5.02 Å². The molecule has 5 amide bonds. The van der Waals surface area contributed by atoms with Gasteiger partial charge in [-0.2, -0.15) is 0 Å². The molecule has 4 rings (SSSR count). The van der Waals surface area contributed by atoms with E-state index in [0.717, 1.165) is 23.4 Å². The van der Waals surface area contributed by atoms with Gasteiger partial charge in [0.25, 0.3) is 11.8 Å². The Balaban J connectivity index is 1.18. The molecule has 10 nitrogen and oxygen atoms in total. The van der Waals surface area contributed by atoms with Crippen LogP contribution in [0, 0.1) is 0 Å². The topological polar surface area (TPSA) is 130 Å². The molecule has 12 heteroatoms. The van der Waals surface area contributed by atoms with Crippen LogP contribution >= 0.6 is 22.9 Å². The summed E-state index contributed by atoms with van der Waals surface area (Å²) in [6.07, 6.45) is 2.09. The highest BCUT2D eigenvalue weighted by Gasteiger charge is 2.41. The number of hydrogen-bond donors (Lipinski definition) is 3. The molecular formula is C24H28ClN5O5S. The number of thiazole rings is 1. The number of rotatable bonds is 8. The number of benzene rings is 1. The van der Waals surface area contributed by atoms with Crippen molar-refractivity contribution in [3.05, 3.63) is 50.9 Å². The molecule has 2 aliphatic rings. The fourth-order valence-corrected chi connectivity index (χ4v) is 5.29. The molecule has 0 radical (unpaired) electrons. The Hall–Kier alpha value is -3.18. The zero-order valence-electron chi connectivity index (χ0n) is 19.8. The standard InChI is InChI=1S/C24H28ClN5O5S/c1-24(21(32)28-22(33)29-24)9-2-10-26-19(31)18-14-36-20(27-18)16-7-11-30(12-8-16)23(34)35-13-15-3-5-17(25)6-4-15/h3-6,14,16H,2,7-13H2,1H3,(H,26,31)(H2,28,29,32,33). The lowest BCUT2D eigenvalue weighted by atomic mass is 9.96. The van der Waals surface area contributed by atoms with Gasteiger partial charge in [0.2, 0.25) is 0 Å². The van der Waals surface area contributed by atoms with Crippen molar-refractivity contribution in [2.24, 2.45) is 0 Å². The van der Waals surface area contributed by atoms with Crippen molar-refractivity contribution in [2.45, 2.75) is 50.7 Å². The van der Waals surface area contributed by atoms with Crippen molar-refractivity contribution in [1.29, 1.82) is 0 Å². The third-order valence-corrected chi connectivity index (χ3v) is 7.65. The number of urea groups is 1. The van der Waals surface area contributed by atoms with E-state index in [2.05, 4.69) is 20.9 Å². The normalized spacial score (nSPS) is 20.1. The molecule has 192 valence electrons. The van der Waals surface area contributed by atoms with E-state index in [4.69, 9.17) is 16.3 Å². The van der Waals surface area contributed by atoms with Gasteiger partial charge in [0.1, 0.15) is 17.8 Å². The van der Waals surface area contributed by atoms with Gasteiger partial charge in [-0.05, 0) is 50.3 Å². The fraction of sp³-hybridized carbons (Fsp3) is 0.458. The molecule has 2 aliphatic heterocycles. The number of aromatic nitrogens is 1. The highest BCUT2D eigenvalue weighted by molar-refractivity contribution is 7.09. The van der Waals surface area contributed by atoms with Gasteiger partial charge in [0.05, 0.1) is 5.01 Å². The van der Waals surface area contributed by atoms with Crippen LogP contribution in [0.15, 0.2) is 29.6 Å². The van der Waals surface area contributed by atoms with Gasteiger partial charge < -0.3 is 20.3 Å². The summed E-state index contributed by atoms with van der Waals surface area (Å²) >= 11 is 7.32. The van der Waals surface area contributed by atoms with Crippen molar-refractivity contribution in [2.75, 3.05) is 19.6 Å². The van der Waals surface area contributed by atoms with Gasteiger partial charge >= 0.3 is 12.1 Å². The van der Waals surface area contributed by atoms with E-state index in [1.54, 1.807) is 29.3 Å². The molecule has 2 fully saturated rings. The SMILES string of the molecule is CC1(CCCNC(=O)c2csc(C3CCN(C(=O)OCc4ccc(Cl)cc4)CC3)n2)NC(=O)NC1=O. The molecule has 1 aromatic heterocycles. The fourth-order valence-electron chi connectivity index (χ4n) is 4.20. The maximum Gasteiger partial charge on any atom is 0.410 e. The highest BCUT2D eigenvalue weighted by atomic mass is 35.5. The molecule has 0 spiro atoms. The van der Waals surface area contributed by atoms with Crippen LogP contribution in [-0.4, -0.2) is 59.0 Å². The molecule has 0 bridgehead atoms. The van der Waals surface area contributed by atoms with Gasteiger partial charge in [0, 0.05) is 36.0 Å².